The van der Waals surface area contributed by atoms with Gasteiger partial charge in [-0.3, -0.25) is 9.97 Å². The standard InChI is InChI=1S/C25H22ClN5S/c1-17-14-19(9-10-20(17)26)30-13-5-8-22(30)24-23(21-7-2-3-12-28-21)29-25(32)31(24)16-18-6-4-11-27-15-18/h2-15,23-24H,16H2,1H3,(H,29,32)/t23-,24+/m1/s1. The van der Waals surface area contributed by atoms with Gasteiger partial charge in [0.15, 0.2) is 5.11 Å². The fourth-order valence-corrected chi connectivity index (χ4v) is 4.66. The Morgan fingerprint density at radius 3 is 2.72 bits per heavy atom. The van der Waals surface area contributed by atoms with Gasteiger partial charge in [-0.1, -0.05) is 23.7 Å². The first-order valence-corrected chi connectivity index (χ1v) is 11.2. The number of pyridine rings is 2. The molecule has 1 aliphatic rings. The van der Waals surface area contributed by atoms with Crippen molar-refractivity contribution in [1.82, 2.24) is 24.8 Å². The quantitative estimate of drug-likeness (QED) is 0.405. The van der Waals surface area contributed by atoms with Crippen molar-refractivity contribution >= 4 is 28.9 Å². The van der Waals surface area contributed by atoms with Gasteiger partial charge in [-0.2, -0.15) is 0 Å². The first kappa shape index (κ1) is 20.7. The zero-order valence-electron chi connectivity index (χ0n) is 17.5. The third-order valence-electron chi connectivity index (χ3n) is 5.78. The van der Waals surface area contributed by atoms with E-state index in [-0.39, 0.29) is 12.1 Å². The summed E-state index contributed by atoms with van der Waals surface area (Å²) in [5, 5.41) is 4.98. The second-order valence-electron chi connectivity index (χ2n) is 7.85. The van der Waals surface area contributed by atoms with E-state index >= 15 is 0 Å². The number of nitrogens with one attached hydrogen (secondary N) is 1. The molecule has 2 atom stereocenters. The van der Waals surface area contributed by atoms with E-state index in [2.05, 4.69) is 55.2 Å². The molecule has 5 rings (SSSR count). The molecule has 0 unspecified atom stereocenters. The molecule has 0 aliphatic carbocycles. The highest BCUT2D eigenvalue weighted by Gasteiger charge is 2.41. The second-order valence-corrected chi connectivity index (χ2v) is 8.65. The summed E-state index contributed by atoms with van der Waals surface area (Å²) in [7, 11) is 0. The lowest BCUT2D eigenvalue weighted by molar-refractivity contribution is 0.302. The molecule has 1 fully saturated rings. The summed E-state index contributed by atoms with van der Waals surface area (Å²) >= 11 is 12.1. The summed E-state index contributed by atoms with van der Waals surface area (Å²) in [5.74, 6) is 0. The number of hydrogen-bond acceptors (Lipinski definition) is 3. The van der Waals surface area contributed by atoms with Crippen molar-refractivity contribution in [3.63, 3.8) is 0 Å². The normalized spacial score (nSPS) is 18.1. The molecule has 7 heteroatoms. The summed E-state index contributed by atoms with van der Waals surface area (Å²) < 4.78 is 2.20. The van der Waals surface area contributed by atoms with Crippen LogP contribution in [0, 0.1) is 6.92 Å². The number of thiocarbonyl (C=S) groups is 1. The van der Waals surface area contributed by atoms with Crippen LogP contribution in [0.25, 0.3) is 5.69 Å². The van der Waals surface area contributed by atoms with Gasteiger partial charge in [-0.25, -0.2) is 0 Å². The van der Waals surface area contributed by atoms with Gasteiger partial charge in [0, 0.05) is 47.7 Å². The topological polar surface area (TPSA) is 46.0 Å². The van der Waals surface area contributed by atoms with Crippen molar-refractivity contribution in [2.24, 2.45) is 0 Å². The van der Waals surface area contributed by atoms with Crippen LogP contribution in [-0.2, 0) is 6.54 Å². The van der Waals surface area contributed by atoms with Crippen LogP contribution in [0.2, 0.25) is 5.02 Å². The summed E-state index contributed by atoms with van der Waals surface area (Å²) in [6.45, 7) is 2.67. The molecule has 32 heavy (non-hydrogen) atoms. The molecule has 1 saturated heterocycles. The van der Waals surface area contributed by atoms with Crippen LogP contribution in [0.15, 0.2) is 85.5 Å². The van der Waals surface area contributed by atoms with E-state index in [9.17, 15) is 0 Å². The van der Waals surface area contributed by atoms with Crippen molar-refractivity contribution in [3.05, 3.63) is 113 Å². The van der Waals surface area contributed by atoms with E-state index in [0.717, 1.165) is 33.2 Å². The number of aromatic nitrogens is 3. The minimum atomic E-state index is -0.0811. The zero-order valence-corrected chi connectivity index (χ0v) is 19.1. The third-order valence-corrected chi connectivity index (χ3v) is 6.55. The molecule has 0 radical (unpaired) electrons. The molecule has 4 aromatic rings. The Hall–Kier alpha value is -3.22. The Labute approximate surface area is 197 Å². The largest absolute Gasteiger partial charge is 0.352 e. The Kier molecular flexibility index (Phi) is 5.64. The van der Waals surface area contributed by atoms with Gasteiger partial charge in [0.2, 0.25) is 0 Å². The van der Waals surface area contributed by atoms with Gasteiger partial charge in [0.25, 0.3) is 0 Å². The number of hydrogen-bond donors (Lipinski definition) is 1. The van der Waals surface area contributed by atoms with Gasteiger partial charge in [0.1, 0.15) is 0 Å². The van der Waals surface area contributed by atoms with Crippen LogP contribution in [0.4, 0.5) is 0 Å². The van der Waals surface area contributed by atoms with Gasteiger partial charge in [-0.05, 0) is 78.8 Å². The van der Waals surface area contributed by atoms with Crippen LogP contribution < -0.4 is 5.32 Å². The van der Waals surface area contributed by atoms with Gasteiger partial charge < -0.3 is 14.8 Å². The average Bonchev–Trinajstić information content (AvgIpc) is 3.42. The molecule has 1 aromatic carbocycles. The average molecular weight is 460 g/mol. The van der Waals surface area contributed by atoms with E-state index in [1.165, 1.54) is 0 Å². The number of rotatable bonds is 5. The number of halogens is 1. The molecule has 5 nitrogen and oxygen atoms in total. The predicted octanol–water partition coefficient (Wildman–Crippen LogP) is 5.40. The number of nitrogens with zero attached hydrogens (tertiary/aromatic N) is 4. The lowest BCUT2D eigenvalue weighted by atomic mass is 10.0. The van der Waals surface area contributed by atoms with Crippen molar-refractivity contribution < 1.29 is 0 Å². The van der Waals surface area contributed by atoms with Crippen LogP contribution in [0.5, 0.6) is 0 Å². The van der Waals surface area contributed by atoms with Crippen molar-refractivity contribution in [3.8, 4) is 5.69 Å². The molecule has 0 amide bonds. The van der Waals surface area contributed by atoms with Gasteiger partial charge in [-0.15, -0.1) is 0 Å². The lowest BCUT2D eigenvalue weighted by Gasteiger charge is -2.29. The third kappa shape index (κ3) is 3.87. The molecular weight excluding hydrogens is 438 g/mol. The fourth-order valence-electron chi connectivity index (χ4n) is 4.23. The fraction of sp³-hybridized carbons (Fsp3) is 0.160. The minimum absolute atomic E-state index is 0.0522. The predicted molar refractivity (Wildman–Crippen MR) is 131 cm³/mol. The maximum absolute atomic E-state index is 6.29. The van der Waals surface area contributed by atoms with Crippen molar-refractivity contribution in [2.75, 3.05) is 0 Å². The summed E-state index contributed by atoms with van der Waals surface area (Å²) in [5.41, 5.74) is 5.28. The summed E-state index contributed by atoms with van der Waals surface area (Å²) in [6.07, 6.45) is 7.57. The van der Waals surface area contributed by atoms with E-state index in [1.54, 1.807) is 6.20 Å². The molecule has 3 aromatic heterocycles. The Morgan fingerprint density at radius 1 is 1.06 bits per heavy atom. The molecule has 1 aliphatic heterocycles. The maximum atomic E-state index is 6.29. The molecule has 0 spiro atoms. The molecule has 4 heterocycles. The van der Waals surface area contributed by atoms with E-state index in [0.29, 0.717) is 11.7 Å². The second kappa shape index (κ2) is 8.73. The molecule has 1 N–H and O–H groups in total. The minimum Gasteiger partial charge on any atom is -0.352 e. The number of benzene rings is 1. The monoisotopic (exact) mass is 459 g/mol. The highest BCUT2D eigenvalue weighted by atomic mass is 35.5. The molecule has 160 valence electrons. The smallest absolute Gasteiger partial charge is 0.170 e. The van der Waals surface area contributed by atoms with Crippen molar-refractivity contribution in [1.29, 1.82) is 0 Å². The number of aryl methyl sites for hydroxylation is 1. The zero-order chi connectivity index (χ0) is 22.1. The summed E-state index contributed by atoms with van der Waals surface area (Å²) in [6, 6.07) is 20.2. The van der Waals surface area contributed by atoms with Crippen LogP contribution in [0.3, 0.4) is 0 Å². The Morgan fingerprint density at radius 2 is 1.97 bits per heavy atom. The molecular formula is C25H22ClN5S. The van der Waals surface area contributed by atoms with Crippen LogP contribution >= 0.6 is 23.8 Å². The van der Waals surface area contributed by atoms with Crippen molar-refractivity contribution in [2.45, 2.75) is 25.6 Å². The van der Waals surface area contributed by atoms with Crippen LogP contribution in [-0.4, -0.2) is 24.5 Å². The Balaban J connectivity index is 1.61. The highest BCUT2D eigenvalue weighted by Crippen LogP contribution is 2.40. The first-order valence-electron chi connectivity index (χ1n) is 10.4. The summed E-state index contributed by atoms with van der Waals surface area (Å²) in [4.78, 5) is 11.1. The highest BCUT2D eigenvalue weighted by molar-refractivity contribution is 7.80. The van der Waals surface area contributed by atoms with E-state index in [4.69, 9.17) is 23.8 Å². The SMILES string of the molecule is Cc1cc(-n2cccc2[C@H]2[C@@H](c3ccccn3)NC(=S)N2Cc2cccnc2)ccc1Cl. The molecule has 0 saturated carbocycles. The Bertz CT molecular complexity index is 1240. The lowest BCUT2D eigenvalue weighted by Crippen LogP contribution is -2.30. The van der Waals surface area contributed by atoms with Gasteiger partial charge >= 0.3 is 0 Å². The molecule has 0 bridgehead atoms. The first-order chi connectivity index (χ1) is 15.6. The van der Waals surface area contributed by atoms with Crippen LogP contribution in [0.1, 0.15) is 34.6 Å². The van der Waals surface area contributed by atoms with E-state index < -0.39 is 0 Å². The van der Waals surface area contributed by atoms with E-state index in [1.807, 2.05) is 55.7 Å². The maximum Gasteiger partial charge on any atom is 0.170 e. The van der Waals surface area contributed by atoms with Gasteiger partial charge in [0.05, 0.1) is 17.8 Å².